The number of likely N-dealkylation sites (N-methyl/N-ethyl adjacent to an activating group) is 1. The normalized spacial score (nSPS) is 16.1. The highest BCUT2D eigenvalue weighted by Gasteiger charge is 2.33. The van der Waals surface area contributed by atoms with Gasteiger partial charge in [0.1, 0.15) is 5.82 Å². The minimum atomic E-state index is -4.60. The molecule has 2 rings (SSSR count). The van der Waals surface area contributed by atoms with Crippen LogP contribution in [-0.4, -0.2) is 37.0 Å². The van der Waals surface area contributed by atoms with Gasteiger partial charge in [-0.1, -0.05) is 0 Å². The lowest BCUT2D eigenvalue weighted by molar-refractivity contribution is -0.137. The topological polar surface area (TPSA) is 32.3 Å². The minimum Gasteiger partial charge on any atom is -0.336 e. The monoisotopic (exact) mass is 276 g/mol. The summed E-state index contributed by atoms with van der Waals surface area (Å²) in [6.07, 6.45) is -4.60. The predicted molar refractivity (Wildman–Crippen MR) is 60.2 cm³/mol. The van der Waals surface area contributed by atoms with E-state index in [9.17, 15) is 22.4 Å². The molecule has 7 heteroatoms. The third-order valence-corrected chi connectivity index (χ3v) is 3.15. The maximum atomic E-state index is 13.5. The lowest BCUT2D eigenvalue weighted by Crippen LogP contribution is -2.57. The van der Waals surface area contributed by atoms with E-state index < -0.39 is 29.0 Å². The molecule has 3 nitrogen and oxygen atoms in total. The number of nitrogens with zero attached hydrogens (tertiary/aromatic N) is 1. The number of alkyl halides is 3. The molecule has 1 fully saturated rings. The number of benzene rings is 1. The van der Waals surface area contributed by atoms with Crippen molar-refractivity contribution in [2.75, 3.05) is 20.1 Å². The van der Waals surface area contributed by atoms with Crippen molar-refractivity contribution in [1.29, 1.82) is 0 Å². The molecule has 1 N–H and O–H groups in total. The van der Waals surface area contributed by atoms with Crippen LogP contribution in [0.25, 0.3) is 0 Å². The summed E-state index contributed by atoms with van der Waals surface area (Å²) in [4.78, 5) is 13.2. The quantitative estimate of drug-likeness (QED) is 0.837. The van der Waals surface area contributed by atoms with Crippen molar-refractivity contribution in [3.05, 3.63) is 35.1 Å². The van der Waals surface area contributed by atoms with Gasteiger partial charge in [0.05, 0.1) is 17.2 Å². The number of amides is 1. The molecule has 0 atom stereocenters. The third-order valence-electron chi connectivity index (χ3n) is 3.15. The van der Waals surface area contributed by atoms with Crippen LogP contribution < -0.4 is 5.32 Å². The summed E-state index contributed by atoms with van der Waals surface area (Å²) in [6.45, 7) is 1.12. The third kappa shape index (κ3) is 2.70. The fraction of sp³-hybridized carbons (Fsp3) is 0.417. The second kappa shape index (κ2) is 4.80. The Kier molecular flexibility index (Phi) is 3.49. The van der Waals surface area contributed by atoms with Crippen molar-refractivity contribution in [2.45, 2.75) is 12.2 Å². The Bertz CT molecular complexity index is 497. The van der Waals surface area contributed by atoms with Crippen LogP contribution >= 0.6 is 0 Å². The van der Waals surface area contributed by atoms with Crippen molar-refractivity contribution in [3.63, 3.8) is 0 Å². The molecular formula is C12H12F4N2O. The lowest BCUT2D eigenvalue weighted by atomic mass is 10.1. The number of nitrogens with one attached hydrogen (secondary N) is 1. The molecular weight excluding hydrogens is 264 g/mol. The fourth-order valence-corrected chi connectivity index (χ4v) is 1.77. The van der Waals surface area contributed by atoms with Crippen LogP contribution in [-0.2, 0) is 6.18 Å². The van der Waals surface area contributed by atoms with Crippen LogP contribution in [0.5, 0.6) is 0 Å². The van der Waals surface area contributed by atoms with E-state index in [1.54, 1.807) is 0 Å². The largest absolute Gasteiger partial charge is 0.416 e. The zero-order chi connectivity index (χ0) is 14.2. The molecule has 0 aliphatic carbocycles. The van der Waals surface area contributed by atoms with Crippen molar-refractivity contribution >= 4 is 5.91 Å². The molecule has 1 saturated heterocycles. The van der Waals surface area contributed by atoms with Gasteiger partial charge in [-0.3, -0.25) is 4.79 Å². The summed E-state index contributed by atoms with van der Waals surface area (Å²) in [5, 5.41) is 2.93. The number of rotatable bonds is 2. The summed E-state index contributed by atoms with van der Waals surface area (Å²) in [7, 11) is 1.45. The summed E-state index contributed by atoms with van der Waals surface area (Å²) in [5.41, 5.74) is -1.58. The van der Waals surface area contributed by atoms with Crippen LogP contribution in [0, 0.1) is 5.82 Å². The van der Waals surface area contributed by atoms with Gasteiger partial charge in [0.2, 0.25) is 0 Å². The summed E-state index contributed by atoms with van der Waals surface area (Å²) < 4.78 is 51.2. The van der Waals surface area contributed by atoms with E-state index >= 15 is 0 Å². The van der Waals surface area contributed by atoms with E-state index in [2.05, 4.69) is 5.32 Å². The van der Waals surface area contributed by atoms with Gasteiger partial charge in [0.15, 0.2) is 0 Å². The first-order valence-corrected chi connectivity index (χ1v) is 5.65. The lowest BCUT2D eigenvalue weighted by Gasteiger charge is -2.35. The molecule has 0 bridgehead atoms. The average Bonchev–Trinajstić information content (AvgIpc) is 2.24. The van der Waals surface area contributed by atoms with Crippen LogP contribution in [0.2, 0.25) is 0 Å². The van der Waals surface area contributed by atoms with Gasteiger partial charge >= 0.3 is 6.18 Å². The molecule has 1 amide bonds. The van der Waals surface area contributed by atoms with E-state index in [0.29, 0.717) is 31.3 Å². The van der Waals surface area contributed by atoms with E-state index in [-0.39, 0.29) is 6.04 Å². The van der Waals surface area contributed by atoms with E-state index in [1.807, 2.05) is 0 Å². The molecule has 0 unspecified atom stereocenters. The Labute approximate surface area is 107 Å². The number of hydrogen-bond donors (Lipinski definition) is 1. The molecule has 104 valence electrons. The number of carbonyl (C=O) groups excluding carboxylic acids is 1. The van der Waals surface area contributed by atoms with E-state index in [4.69, 9.17) is 0 Å². The van der Waals surface area contributed by atoms with E-state index in [1.165, 1.54) is 11.9 Å². The number of halogens is 4. The van der Waals surface area contributed by atoms with Gasteiger partial charge in [-0.15, -0.1) is 0 Å². The fourth-order valence-electron chi connectivity index (χ4n) is 1.77. The average molecular weight is 276 g/mol. The van der Waals surface area contributed by atoms with Gasteiger partial charge < -0.3 is 10.2 Å². The van der Waals surface area contributed by atoms with E-state index in [0.717, 1.165) is 0 Å². The predicted octanol–water partition coefficient (Wildman–Crippen LogP) is 1.89. The maximum absolute atomic E-state index is 13.5. The second-order valence-electron chi connectivity index (χ2n) is 4.42. The molecule has 0 spiro atoms. The SMILES string of the molecule is CN(C(=O)c1cc(C(F)(F)F)ccc1F)C1CNC1. The Balaban J connectivity index is 2.30. The zero-order valence-corrected chi connectivity index (χ0v) is 10.1. The number of carbonyl (C=O) groups is 1. The first-order valence-electron chi connectivity index (χ1n) is 5.65. The molecule has 19 heavy (non-hydrogen) atoms. The second-order valence-corrected chi connectivity index (χ2v) is 4.42. The molecule has 1 aliphatic rings. The first-order chi connectivity index (χ1) is 8.80. The summed E-state index contributed by atoms with van der Waals surface area (Å²) in [6, 6.07) is 1.74. The highest BCUT2D eigenvalue weighted by atomic mass is 19.4. The van der Waals surface area contributed by atoms with Gasteiger partial charge in [-0.25, -0.2) is 4.39 Å². The Hall–Kier alpha value is -1.63. The van der Waals surface area contributed by atoms with Gasteiger partial charge in [0, 0.05) is 20.1 Å². The minimum absolute atomic E-state index is 0.110. The molecule has 1 heterocycles. The molecule has 1 aliphatic heterocycles. The Morgan fingerprint density at radius 1 is 1.37 bits per heavy atom. The van der Waals surface area contributed by atoms with Crippen LogP contribution in [0.1, 0.15) is 15.9 Å². The van der Waals surface area contributed by atoms with Crippen molar-refractivity contribution < 1.29 is 22.4 Å². The zero-order valence-electron chi connectivity index (χ0n) is 10.1. The van der Waals surface area contributed by atoms with Crippen molar-refractivity contribution in [2.24, 2.45) is 0 Å². The first kappa shape index (κ1) is 13.8. The highest BCUT2D eigenvalue weighted by Crippen LogP contribution is 2.30. The molecule has 0 radical (unpaired) electrons. The van der Waals surface area contributed by atoms with Crippen molar-refractivity contribution in [1.82, 2.24) is 10.2 Å². The molecule has 0 saturated carbocycles. The molecule has 1 aromatic rings. The Morgan fingerprint density at radius 2 is 2.00 bits per heavy atom. The Morgan fingerprint density at radius 3 is 2.47 bits per heavy atom. The highest BCUT2D eigenvalue weighted by molar-refractivity contribution is 5.94. The summed E-state index contributed by atoms with van der Waals surface area (Å²) >= 11 is 0. The molecule has 0 aromatic heterocycles. The maximum Gasteiger partial charge on any atom is 0.416 e. The van der Waals surface area contributed by atoms with Gasteiger partial charge in [0.25, 0.3) is 5.91 Å². The molecule has 1 aromatic carbocycles. The standard InChI is InChI=1S/C12H12F4N2O/c1-18(8-5-17-6-8)11(19)9-4-7(12(14,15)16)2-3-10(9)13/h2-4,8,17H,5-6H2,1H3. The van der Waals surface area contributed by atoms with Crippen LogP contribution in [0.3, 0.4) is 0 Å². The van der Waals surface area contributed by atoms with Crippen molar-refractivity contribution in [3.8, 4) is 0 Å². The number of hydrogen-bond acceptors (Lipinski definition) is 2. The van der Waals surface area contributed by atoms with Gasteiger partial charge in [-0.05, 0) is 18.2 Å². The summed E-state index contributed by atoms with van der Waals surface area (Å²) in [5.74, 6) is -1.69. The smallest absolute Gasteiger partial charge is 0.336 e. The van der Waals surface area contributed by atoms with Crippen LogP contribution in [0.4, 0.5) is 17.6 Å². The van der Waals surface area contributed by atoms with Gasteiger partial charge in [-0.2, -0.15) is 13.2 Å². The van der Waals surface area contributed by atoms with Crippen LogP contribution in [0.15, 0.2) is 18.2 Å².